The molecule has 1 aromatic carbocycles. The second kappa shape index (κ2) is 4.62. The smallest absolute Gasteiger partial charge is 0.213 e. The Hall–Kier alpha value is -1.76. The lowest BCUT2D eigenvalue weighted by Crippen LogP contribution is -1.92. The molecular formula is C10H7F2N3OS. The van der Waals surface area contributed by atoms with E-state index < -0.39 is 11.6 Å². The lowest BCUT2D eigenvalue weighted by molar-refractivity contribution is 0.112. The number of hydrogen-bond acceptors (Lipinski definition) is 4. The highest BCUT2D eigenvalue weighted by Gasteiger charge is 2.14. The number of nitrogens with one attached hydrogen (secondary N) is 1. The predicted molar refractivity (Wildman–Crippen MR) is 57.0 cm³/mol. The normalized spacial score (nSPS) is 10.5. The largest absolute Gasteiger partial charge is 0.298 e. The third-order valence-corrected chi connectivity index (χ3v) is 2.89. The molecule has 0 amide bonds. The molecule has 0 bridgehead atoms. The van der Waals surface area contributed by atoms with E-state index in [0.29, 0.717) is 12.1 Å². The van der Waals surface area contributed by atoms with E-state index in [0.717, 1.165) is 23.9 Å². The molecule has 0 saturated carbocycles. The van der Waals surface area contributed by atoms with E-state index in [4.69, 9.17) is 0 Å². The fourth-order valence-electron chi connectivity index (χ4n) is 1.20. The Bertz CT molecular complexity index is 547. The van der Waals surface area contributed by atoms with Gasteiger partial charge in [0.2, 0.25) is 5.16 Å². The quantitative estimate of drug-likeness (QED) is 0.855. The average Bonchev–Trinajstić information content (AvgIpc) is 2.69. The van der Waals surface area contributed by atoms with Crippen molar-refractivity contribution in [3.05, 3.63) is 35.2 Å². The molecule has 17 heavy (non-hydrogen) atoms. The SMILES string of the molecule is Cc1nc(Sc2c(F)cc(C=O)cc2F)n[nH]1. The molecule has 0 saturated heterocycles. The van der Waals surface area contributed by atoms with Crippen LogP contribution in [-0.4, -0.2) is 21.5 Å². The number of aryl methyl sites for hydroxylation is 1. The molecule has 88 valence electrons. The minimum Gasteiger partial charge on any atom is -0.298 e. The highest BCUT2D eigenvalue weighted by molar-refractivity contribution is 7.99. The van der Waals surface area contributed by atoms with Crippen molar-refractivity contribution in [2.24, 2.45) is 0 Å². The zero-order valence-corrected chi connectivity index (χ0v) is 9.52. The van der Waals surface area contributed by atoms with Crippen LogP contribution in [0.2, 0.25) is 0 Å². The Morgan fingerprint density at radius 3 is 2.47 bits per heavy atom. The van der Waals surface area contributed by atoms with Gasteiger partial charge < -0.3 is 0 Å². The van der Waals surface area contributed by atoms with Crippen molar-refractivity contribution in [1.82, 2.24) is 15.2 Å². The van der Waals surface area contributed by atoms with Gasteiger partial charge >= 0.3 is 0 Å². The predicted octanol–water partition coefficient (Wildman–Crippen LogP) is 2.36. The topological polar surface area (TPSA) is 58.6 Å². The average molecular weight is 255 g/mol. The second-order valence-corrected chi connectivity index (χ2v) is 4.21. The first-order valence-electron chi connectivity index (χ1n) is 4.61. The first kappa shape index (κ1) is 11.7. The zero-order valence-electron chi connectivity index (χ0n) is 8.70. The van der Waals surface area contributed by atoms with Crippen molar-refractivity contribution >= 4 is 18.0 Å². The van der Waals surface area contributed by atoms with E-state index in [1.165, 1.54) is 0 Å². The van der Waals surface area contributed by atoms with Crippen LogP contribution in [0.25, 0.3) is 0 Å². The molecule has 2 rings (SSSR count). The molecule has 1 aromatic heterocycles. The van der Waals surface area contributed by atoms with Gasteiger partial charge in [-0.05, 0) is 30.8 Å². The van der Waals surface area contributed by atoms with Crippen LogP contribution in [0.1, 0.15) is 16.2 Å². The van der Waals surface area contributed by atoms with Crippen LogP contribution in [0.15, 0.2) is 22.2 Å². The van der Waals surface area contributed by atoms with Crippen molar-refractivity contribution in [2.75, 3.05) is 0 Å². The molecule has 0 fully saturated rings. The van der Waals surface area contributed by atoms with Gasteiger partial charge in [-0.2, -0.15) is 0 Å². The van der Waals surface area contributed by atoms with Gasteiger partial charge in [0.25, 0.3) is 0 Å². The van der Waals surface area contributed by atoms with E-state index in [1.54, 1.807) is 6.92 Å². The third kappa shape index (κ3) is 2.50. The van der Waals surface area contributed by atoms with Gasteiger partial charge in [0, 0.05) is 5.56 Å². The van der Waals surface area contributed by atoms with Gasteiger partial charge in [-0.15, -0.1) is 5.10 Å². The first-order valence-corrected chi connectivity index (χ1v) is 5.43. The summed E-state index contributed by atoms with van der Waals surface area (Å²) in [5.74, 6) is -1.06. The van der Waals surface area contributed by atoms with Crippen LogP contribution in [0.4, 0.5) is 8.78 Å². The number of H-pyrrole nitrogens is 1. The summed E-state index contributed by atoms with van der Waals surface area (Å²) in [6, 6.07) is 1.94. The number of nitrogens with zero attached hydrogens (tertiary/aromatic N) is 2. The van der Waals surface area contributed by atoms with E-state index in [1.807, 2.05) is 0 Å². The van der Waals surface area contributed by atoms with Crippen molar-refractivity contribution < 1.29 is 13.6 Å². The summed E-state index contributed by atoms with van der Waals surface area (Å²) in [6.07, 6.45) is 0.386. The maximum absolute atomic E-state index is 13.5. The standard InChI is InChI=1S/C10H7F2N3OS/c1-5-13-10(15-14-5)17-9-7(11)2-6(4-16)3-8(9)12/h2-4H,1H3,(H,13,14,15). The summed E-state index contributed by atoms with van der Waals surface area (Å²) >= 11 is 0.761. The number of carbonyl (C=O) groups is 1. The highest BCUT2D eigenvalue weighted by Crippen LogP contribution is 2.30. The van der Waals surface area contributed by atoms with Crippen LogP contribution in [-0.2, 0) is 0 Å². The summed E-state index contributed by atoms with van der Waals surface area (Å²) in [7, 11) is 0. The van der Waals surface area contributed by atoms with Gasteiger partial charge in [-0.25, -0.2) is 13.8 Å². The second-order valence-electron chi connectivity index (χ2n) is 3.24. The van der Waals surface area contributed by atoms with E-state index in [-0.39, 0.29) is 15.6 Å². The fourth-order valence-corrected chi connectivity index (χ4v) is 1.97. The number of rotatable bonds is 3. The van der Waals surface area contributed by atoms with Gasteiger partial charge in [0.15, 0.2) is 0 Å². The van der Waals surface area contributed by atoms with Gasteiger partial charge in [-0.1, -0.05) is 0 Å². The highest BCUT2D eigenvalue weighted by atomic mass is 32.2. The lowest BCUT2D eigenvalue weighted by atomic mass is 10.2. The van der Waals surface area contributed by atoms with Crippen LogP contribution in [0.3, 0.4) is 0 Å². The van der Waals surface area contributed by atoms with Gasteiger partial charge in [0.05, 0.1) is 4.90 Å². The van der Waals surface area contributed by atoms with Crippen molar-refractivity contribution in [2.45, 2.75) is 17.0 Å². The number of halogens is 2. The molecule has 0 aliphatic heterocycles. The summed E-state index contributed by atoms with van der Waals surface area (Å²) in [4.78, 5) is 14.1. The minimum atomic E-state index is -0.806. The molecule has 0 aliphatic carbocycles. The van der Waals surface area contributed by atoms with Crippen LogP contribution in [0, 0.1) is 18.6 Å². The number of aromatic amines is 1. The Morgan fingerprint density at radius 1 is 1.35 bits per heavy atom. The lowest BCUT2D eigenvalue weighted by Gasteiger charge is -2.02. The Labute approximate surface area is 99.5 Å². The Balaban J connectivity index is 2.36. The maximum Gasteiger partial charge on any atom is 0.213 e. The maximum atomic E-state index is 13.5. The number of aromatic nitrogens is 3. The van der Waals surface area contributed by atoms with Crippen molar-refractivity contribution in [1.29, 1.82) is 0 Å². The van der Waals surface area contributed by atoms with Crippen LogP contribution >= 0.6 is 11.8 Å². The Kier molecular flexibility index (Phi) is 3.19. The zero-order chi connectivity index (χ0) is 12.4. The molecule has 0 atom stereocenters. The monoisotopic (exact) mass is 255 g/mol. The molecule has 0 radical (unpaired) electrons. The fraction of sp³-hybridized carbons (Fsp3) is 0.100. The summed E-state index contributed by atoms with van der Waals surface area (Å²) < 4.78 is 27.0. The third-order valence-electron chi connectivity index (χ3n) is 1.93. The number of aldehydes is 1. The molecule has 0 aliphatic rings. The van der Waals surface area contributed by atoms with Gasteiger partial charge in [0.1, 0.15) is 23.7 Å². The van der Waals surface area contributed by atoms with Crippen LogP contribution in [0.5, 0.6) is 0 Å². The van der Waals surface area contributed by atoms with Crippen molar-refractivity contribution in [3.8, 4) is 0 Å². The molecule has 4 nitrogen and oxygen atoms in total. The number of hydrogen-bond donors (Lipinski definition) is 1. The summed E-state index contributed by atoms with van der Waals surface area (Å²) in [5, 5.41) is 6.55. The van der Waals surface area contributed by atoms with Crippen molar-refractivity contribution in [3.63, 3.8) is 0 Å². The molecule has 7 heteroatoms. The molecule has 1 heterocycles. The first-order chi connectivity index (χ1) is 8.10. The molecule has 2 aromatic rings. The molecule has 0 unspecified atom stereocenters. The molecule has 1 N–H and O–H groups in total. The van der Waals surface area contributed by atoms with Gasteiger partial charge in [-0.3, -0.25) is 9.89 Å². The molecular weight excluding hydrogens is 248 g/mol. The van der Waals surface area contributed by atoms with Crippen LogP contribution < -0.4 is 0 Å². The molecule has 0 spiro atoms. The summed E-state index contributed by atoms with van der Waals surface area (Å²) in [5.41, 5.74) is -0.0458. The number of carbonyl (C=O) groups excluding carboxylic acids is 1. The summed E-state index contributed by atoms with van der Waals surface area (Å²) in [6.45, 7) is 1.68. The van der Waals surface area contributed by atoms with E-state index in [2.05, 4.69) is 15.2 Å². The van der Waals surface area contributed by atoms with E-state index >= 15 is 0 Å². The minimum absolute atomic E-state index is 0.0458. The Morgan fingerprint density at radius 2 is 2.00 bits per heavy atom. The number of benzene rings is 1. The van der Waals surface area contributed by atoms with E-state index in [9.17, 15) is 13.6 Å².